The largest absolute Gasteiger partial charge is 0.455 e. The summed E-state index contributed by atoms with van der Waals surface area (Å²) in [6.07, 6.45) is 33.1. The second kappa shape index (κ2) is 15.4. The molecule has 2 aromatic heterocycles. The van der Waals surface area contributed by atoms with Gasteiger partial charge >= 0.3 is 0 Å². The van der Waals surface area contributed by atoms with E-state index in [-0.39, 0.29) is 5.54 Å². The summed E-state index contributed by atoms with van der Waals surface area (Å²) >= 11 is 0. The van der Waals surface area contributed by atoms with Crippen LogP contribution in [0.5, 0.6) is 11.5 Å². The minimum Gasteiger partial charge on any atom is -0.455 e. The lowest BCUT2D eigenvalue weighted by Gasteiger charge is -2.31. The lowest BCUT2D eigenvalue weighted by atomic mass is 9.91. The van der Waals surface area contributed by atoms with Crippen molar-refractivity contribution in [2.45, 2.75) is 45.1 Å². The number of aromatic nitrogens is 2. The first-order valence-electron chi connectivity index (χ1n) is 23.0. The maximum absolute atomic E-state index is 7.11. The summed E-state index contributed by atoms with van der Waals surface area (Å²) in [4.78, 5) is 2.42. The van der Waals surface area contributed by atoms with Crippen LogP contribution >= 0.6 is 0 Å². The van der Waals surface area contributed by atoms with Gasteiger partial charge in [-0.1, -0.05) is 153 Å². The first-order chi connectivity index (χ1) is 31.7. The summed E-state index contributed by atoms with van der Waals surface area (Å²) in [6.45, 7) is 4.00. The maximum atomic E-state index is 7.11. The molecule has 1 aliphatic heterocycles. The normalized spacial score (nSPS) is 19.2. The molecule has 4 aliphatic carbocycles. The number of fused-ring (bicyclic) bond motifs is 10. The number of benzene rings is 6. The van der Waals surface area contributed by atoms with E-state index in [4.69, 9.17) is 4.74 Å². The Morgan fingerprint density at radius 3 is 2.22 bits per heavy atom. The van der Waals surface area contributed by atoms with Crippen LogP contribution in [-0.2, 0) is 12.0 Å². The molecule has 8 aromatic rings. The Kier molecular flexibility index (Phi) is 9.15. The van der Waals surface area contributed by atoms with Crippen LogP contribution in [-0.4, -0.2) is 9.13 Å². The van der Waals surface area contributed by atoms with Gasteiger partial charge in [0.05, 0.1) is 27.6 Å². The van der Waals surface area contributed by atoms with Crippen molar-refractivity contribution in [2.75, 3.05) is 4.90 Å². The van der Waals surface area contributed by atoms with Crippen LogP contribution in [0, 0.1) is 5.92 Å². The van der Waals surface area contributed by atoms with E-state index in [0.717, 1.165) is 42.9 Å². The Morgan fingerprint density at radius 1 is 0.625 bits per heavy atom. The summed E-state index contributed by atoms with van der Waals surface area (Å²) in [7, 11) is 0. The van der Waals surface area contributed by atoms with E-state index < -0.39 is 0 Å². The number of hydrogen-bond donors (Lipinski definition) is 0. The average Bonchev–Trinajstić information content (AvgIpc) is 4.04. The smallest absolute Gasteiger partial charge is 0.155 e. The van der Waals surface area contributed by atoms with Crippen molar-refractivity contribution in [2.24, 2.45) is 5.92 Å². The summed E-state index contributed by atoms with van der Waals surface area (Å²) in [6, 6.07) is 46.8. The number of rotatable bonds is 6. The molecule has 4 nitrogen and oxygen atoms in total. The fraction of sp³-hybridized carbons (Fsp3) is 0.133. The number of ether oxygens (including phenoxy) is 1. The second-order valence-corrected chi connectivity index (χ2v) is 17.2. The van der Waals surface area contributed by atoms with E-state index in [1.165, 1.54) is 83.0 Å². The van der Waals surface area contributed by atoms with Gasteiger partial charge in [0.25, 0.3) is 0 Å². The Balaban J connectivity index is 0.00000214. The quantitative estimate of drug-likeness (QED) is 0.167. The van der Waals surface area contributed by atoms with E-state index in [9.17, 15) is 0 Å². The number of hydrogen-bond acceptors (Lipinski definition) is 2. The molecule has 310 valence electrons. The van der Waals surface area contributed by atoms with Crippen molar-refractivity contribution in [3.8, 4) is 22.6 Å². The minimum absolute atomic E-state index is 0.235. The molecule has 0 bridgehead atoms. The zero-order chi connectivity index (χ0) is 42.8. The van der Waals surface area contributed by atoms with Crippen LogP contribution in [0.2, 0.25) is 0 Å². The third kappa shape index (κ3) is 5.97. The topological polar surface area (TPSA) is 22.3 Å². The molecule has 3 heterocycles. The predicted octanol–water partition coefficient (Wildman–Crippen LogP) is 15.7. The fourth-order valence-corrected chi connectivity index (χ4v) is 10.7. The molecule has 2 atom stereocenters. The molecule has 2 unspecified atom stereocenters. The third-order valence-electron chi connectivity index (χ3n) is 13.6. The molecular weight excluding hydrogens is 779 g/mol. The number of anilines is 1. The van der Waals surface area contributed by atoms with Gasteiger partial charge in [-0.25, -0.2) is 0 Å². The molecule has 0 N–H and O–H groups in total. The van der Waals surface area contributed by atoms with E-state index >= 15 is 0 Å². The highest BCUT2D eigenvalue weighted by Gasteiger charge is 2.56. The van der Waals surface area contributed by atoms with Gasteiger partial charge in [0, 0.05) is 62.2 Å². The molecule has 4 heteroatoms. The van der Waals surface area contributed by atoms with Gasteiger partial charge < -0.3 is 18.8 Å². The van der Waals surface area contributed by atoms with Crippen LogP contribution in [0.4, 0.5) is 5.69 Å². The molecule has 13 rings (SSSR count). The summed E-state index contributed by atoms with van der Waals surface area (Å²) in [5, 5.41) is 5.02. The molecule has 1 saturated carbocycles. The Labute approximate surface area is 374 Å². The monoisotopic (exact) mass is 827 g/mol. The van der Waals surface area contributed by atoms with Crippen molar-refractivity contribution < 1.29 is 4.74 Å². The first kappa shape index (κ1) is 38.1. The molecule has 0 spiro atoms. The van der Waals surface area contributed by atoms with E-state index in [0.29, 0.717) is 5.92 Å². The summed E-state index contributed by atoms with van der Waals surface area (Å²) in [5.41, 5.74) is 14.3. The SMILES string of the molecule is C1=CCC=C(N(C2=CC3CC3(n3c4ccccc4c4c(-c5ccc6c(c5)c5ccccc5n6C5=CCC=CC=C5)cc5c(c43)Oc3ccccc3C5)C=C2)c2ccccc2)C=C1.CC. The highest BCUT2D eigenvalue weighted by atomic mass is 16.5. The average molecular weight is 828 g/mol. The van der Waals surface area contributed by atoms with Crippen LogP contribution in [0.15, 0.2) is 218 Å². The molecular formula is C60H49N3O. The highest BCUT2D eigenvalue weighted by Crippen LogP contribution is 2.60. The number of para-hydroxylation sites is 4. The summed E-state index contributed by atoms with van der Waals surface area (Å²) in [5.74, 6) is 2.23. The Bertz CT molecular complexity index is 3450. The number of nitrogens with zero attached hydrogens (tertiary/aromatic N) is 3. The summed E-state index contributed by atoms with van der Waals surface area (Å²) < 4.78 is 12.2. The minimum atomic E-state index is -0.235. The Morgan fingerprint density at radius 2 is 1.36 bits per heavy atom. The third-order valence-corrected chi connectivity index (χ3v) is 13.6. The first-order valence-corrected chi connectivity index (χ1v) is 23.0. The Hall–Kier alpha value is -7.56. The van der Waals surface area contributed by atoms with Crippen molar-refractivity contribution in [3.05, 3.63) is 229 Å². The van der Waals surface area contributed by atoms with Crippen molar-refractivity contribution in [3.63, 3.8) is 0 Å². The van der Waals surface area contributed by atoms with Gasteiger partial charge in [-0.3, -0.25) is 0 Å². The van der Waals surface area contributed by atoms with Crippen LogP contribution < -0.4 is 9.64 Å². The standard InChI is InChI=1S/C58H43N3O.C2H6/c1-2-7-20-43(19-6-1)59(44-21-10-5-11-22-44)46-32-33-58(38-42(58)37-46)61-53-28-16-14-26-48(53)55-49(36-41-34-40-18-12-17-29-54(40)62-57(41)56(55)61)39-30-31-52-50(35-39)47-25-13-15-27-51(47)60(52)45-23-8-3-4-9-24-45;1-2/h1-6,8,10-33,35-37,42H,7,9,34,38H2;1-2H3. The van der Waals surface area contributed by atoms with Gasteiger partial charge in [0.1, 0.15) is 5.75 Å². The molecule has 64 heavy (non-hydrogen) atoms. The van der Waals surface area contributed by atoms with E-state index in [2.05, 4.69) is 220 Å². The molecule has 0 saturated heterocycles. The molecule has 6 aromatic carbocycles. The molecule has 0 radical (unpaired) electrons. The van der Waals surface area contributed by atoms with Crippen molar-refractivity contribution in [1.82, 2.24) is 9.13 Å². The molecule has 0 amide bonds. The lowest BCUT2D eigenvalue weighted by Crippen LogP contribution is -2.25. The van der Waals surface area contributed by atoms with Gasteiger partial charge in [0.15, 0.2) is 5.75 Å². The van der Waals surface area contributed by atoms with Crippen LogP contribution in [0.25, 0.3) is 60.4 Å². The van der Waals surface area contributed by atoms with E-state index in [1.54, 1.807) is 0 Å². The lowest BCUT2D eigenvalue weighted by molar-refractivity contribution is 0.460. The highest BCUT2D eigenvalue weighted by molar-refractivity contribution is 6.19. The zero-order valence-corrected chi connectivity index (χ0v) is 36.3. The van der Waals surface area contributed by atoms with Gasteiger partial charge in [-0.2, -0.15) is 0 Å². The van der Waals surface area contributed by atoms with Crippen LogP contribution in [0.3, 0.4) is 0 Å². The number of allylic oxidation sites excluding steroid dienone is 14. The van der Waals surface area contributed by atoms with Crippen molar-refractivity contribution in [1.29, 1.82) is 0 Å². The van der Waals surface area contributed by atoms with Gasteiger partial charge in [-0.15, -0.1) is 0 Å². The van der Waals surface area contributed by atoms with Crippen LogP contribution in [0.1, 0.15) is 44.2 Å². The molecule has 5 aliphatic rings. The fourth-order valence-electron chi connectivity index (χ4n) is 10.7. The second-order valence-electron chi connectivity index (χ2n) is 17.2. The molecule has 1 fully saturated rings. The van der Waals surface area contributed by atoms with Gasteiger partial charge in [-0.05, 0) is 103 Å². The predicted molar refractivity (Wildman–Crippen MR) is 269 cm³/mol. The van der Waals surface area contributed by atoms with E-state index in [1.807, 2.05) is 13.8 Å². The van der Waals surface area contributed by atoms with Crippen molar-refractivity contribution >= 4 is 55.0 Å². The zero-order valence-electron chi connectivity index (χ0n) is 36.3. The maximum Gasteiger partial charge on any atom is 0.155 e. The van der Waals surface area contributed by atoms with Gasteiger partial charge in [0.2, 0.25) is 0 Å².